The smallest absolute Gasteiger partial charge is 0.326 e. The third-order valence-corrected chi connectivity index (χ3v) is 2.82. The Labute approximate surface area is 108 Å². The molecule has 1 aliphatic heterocycles. The van der Waals surface area contributed by atoms with Crippen LogP contribution in [0.2, 0.25) is 0 Å². The van der Waals surface area contributed by atoms with Crippen LogP contribution in [0.15, 0.2) is 0 Å². The third kappa shape index (κ3) is 3.83. The molecule has 1 heterocycles. The van der Waals surface area contributed by atoms with Gasteiger partial charge in [0.15, 0.2) is 0 Å². The van der Waals surface area contributed by atoms with Crippen molar-refractivity contribution in [2.24, 2.45) is 5.73 Å². The predicted molar refractivity (Wildman–Crippen MR) is 61.1 cm³/mol. The molecule has 0 spiro atoms. The fourth-order valence-electron chi connectivity index (χ4n) is 1.91. The molecule has 1 saturated heterocycles. The molecule has 9 nitrogen and oxygen atoms in total. The van der Waals surface area contributed by atoms with E-state index in [2.05, 4.69) is 5.32 Å². The fourth-order valence-corrected chi connectivity index (χ4v) is 1.91. The minimum absolute atomic E-state index is 0.277. The van der Waals surface area contributed by atoms with Gasteiger partial charge in [0, 0.05) is 6.54 Å². The highest BCUT2D eigenvalue weighted by atomic mass is 16.4. The second kappa shape index (κ2) is 6.03. The monoisotopic (exact) mass is 273 g/mol. The number of amides is 3. The highest BCUT2D eigenvalue weighted by molar-refractivity contribution is 5.89. The number of likely N-dealkylation sites (tertiary alicyclic amines) is 1. The molecule has 19 heavy (non-hydrogen) atoms. The normalized spacial score (nSPS) is 19.8. The third-order valence-electron chi connectivity index (χ3n) is 2.82. The summed E-state index contributed by atoms with van der Waals surface area (Å²) in [6, 6.07) is -3.12. The number of carbonyl (C=O) groups is 4. The average Bonchev–Trinajstić information content (AvgIpc) is 2.76. The molecule has 106 valence electrons. The second-order valence-corrected chi connectivity index (χ2v) is 4.19. The van der Waals surface area contributed by atoms with Crippen molar-refractivity contribution in [3.05, 3.63) is 0 Å². The Bertz CT molecular complexity index is 410. The summed E-state index contributed by atoms with van der Waals surface area (Å²) in [5, 5.41) is 19.4. The van der Waals surface area contributed by atoms with Gasteiger partial charge in [0.2, 0.25) is 5.91 Å². The lowest BCUT2D eigenvalue weighted by molar-refractivity contribution is -0.145. The lowest BCUT2D eigenvalue weighted by Crippen LogP contribution is -2.52. The first-order valence-electron chi connectivity index (χ1n) is 5.64. The number of carbonyl (C=O) groups excluding carboxylic acids is 2. The molecule has 0 aliphatic carbocycles. The molecule has 1 rings (SSSR count). The van der Waals surface area contributed by atoms with Crippen LogP contribution < -0.4 is 11.1 Å². The van der Waals surface area contributed by atoms with Gasteiger partial charge in [-0.3, -0.25) is 9.59 Å². The summed E-state index contributed by atoms with van der Waals surface area (Å²) < 4.78 is 0. The Morgan fingerprint density at radius 1 is 1.32 bits per heavy atom. The van der Waals surface area contributed by atoms with Gasteiger partial charge in [-0.1, -0.05) is 0 Å². The first kappa shape index (κ1) is 14.7. The molecule has 5 N–H and O–H groups in total. The van der Waals surface area contributed by atoms with Crippen molar-refractivity contribution < 1.29 is 29.4 Å². The number of primary amides is 1. The Kier molecular flexibility index (Phi) is 4.67. The molecule has 3 amide bonds. The summed E-state index contributed by atoms with van der Waals surface area (Å²) in [7, 11) is 0. The van der Waals surface area contributed by atoms with Crippen molar-refractivity contribution in [2.45, 2.75) is 31.3 Å². The van der Waals surface area contributed by atoms with Crippen LogP contribution in [0.25, 0.3) is 0 Å². The molecule has 0 aromatic rings. The van der Waals surface area contributed by atoms with Gasteiger partial charge in [-0.15, -0.1) is 0 Å². The van der Waals surface area contributed by atoms with Gasteiger partial charge in [0.05, 0.1) is 6.42 Å². The predicted octanol–water partition coefficient (Wildman–Crippen LogP) is -1.43. The van der Waals surface area contributed by atoms with E-state index in [4.69, 9.17) is 15.9 Å². The molecule has 9 heteroatoms. The summed E-state index contributed by atoms with van der Waals surface area (Å²) in [6.07, 6.45) is 0.257. The largest absolute Gasteiger partial charge is 0.481 e. The maximum Gasteiger partial charge on any atom is 0.326 e. The van der Waals surface area contributed by atoms with Gasteiger partial charge in [-0.25, -0.2) is 9.59 Å². The molecular formula is C10H15N3O6. The topological polar surface area (TPSA) is 150 Å². The van der Waals surface area contributed by atoms with Gasteiger partial charge in [-0.2, -0.15) is 0 Å². The molecule has 1 unspecified atom stereocenters. The molecule has 0 bridgehead atoms. The molecule has 0 saturated carbocycles. The average molecular weight is 273 g/mol. The Morgan fingerprint density at radius 2 is 1.95 bits per heavy atom. The number of urea groups is 1. The zero-order valence-corrected chi connectivity index (χ0v) is 10.0. The molecule has 0 aromatic carbocycles. The number of nitrogens with zero attached hydrogens (tertiary/aromatic N) is 1. The van der Waals surface area contributed by atoms with E-state index in [0.717, 1.165) is 4.90 Å². The molecule has 1 fully saturated rings. The zero-order chi connectivity index (χ0) is 14.6. The summed E-state index contributed by atoms with van der Waals surface area (Å²) in [5.41, 5.74) is 5.13. The molecule has 2 atom stereocenters. The number of hydrogen-bond donors (Lipinski definition) is 4. The first-order chi connectivity index (χ1) is 8.82. The zero-order valence-electron chi connectivity index (χ0n) is 10.0. The van der Waals surface area contributed by atoms with Gasteiger partial charge >= 0.3 is 18.0 Å². The quantitative estimate of drug-likeness (QED) is 0.482. The highest BCUT2D eigenvalue weighted by Gasteiger charge is 2.34. The van der Waals surface area contributed by atoms with E-state index in [-0.39, 0.29) is 6.54 Å². The second-order valence-electron chi connectivity index (χ2n) is 4.19. The van der Waals surface area contributed by atoms with E-state index >= 15 is 0 Å². The summed E-state index contributed by atoms with van der Waals surface area (Å²) in [6.45, 7) is 0.277. The van der Waals surface area contributed by atoms with Crippen LogP contribution in [0.3, 0.4) is 0 Å². The van der Waals surface area contributed by atoms with E-state index in [0.29, 0.717) is 12.8 Å². The summed E-state index contributed by atoms with van der Waals surface area (Å²) in [4.78, 5) is 45.3. The van der Waals surface area contributed by atoms with Crippen LogP contribution in [0.4, 0.5) is 4.79 Å². The van der Waals surface area contributed by atoms with Crippen LogP contribution in [-0.2, 0) is 14.4 Å². The van der Waals surface area contributed by atoms with Crippen molar-refractivity contribution in [1.29, 1.82) is 0 Å². The van der Waals surface area contributed by atoms with Gasteiger partial charge in [0.25, 0.3) is 0 Å². The summed E-state index contributed by atoms with van der Waals surface area (Å²) >= 11 is 0. The number of carboxylic acid groups (broad SMARTS) is 2. The lowest BCUT2D eigenvalue weighted by atomic mass is 10.2. The standard InChI is InChI=1S/C10H15N3O6/c11-8(16)6-2-1-3-13(6)10(19)12-5(9(17)18)4-7(14)15/h5-6H,1-4H2,(H2,11,16)(H,12,19)(H,14,15)(H,17,18)/t5-,6?/m0/s1. The fraction of sp³-hybridized carbons (Fsp3) is 0.600. The minimum Gasteiger partial charge on any atom is -0.481 e. The van der Waals surface area contributed by atoms with Gasteiger partial charge in [-0.05, 0) is 12.8 Å². The SMILES string of the molecule is NC(=O)C1CCCN1C(=O)N[C@@H](CC(=O)O)C(=O)O. The van der Waals surface area contributed by atoms with Crippen molar-refractivity contribution >= 4 is 23.9 Å². The number of nitrogens with one attached hydrogen (secondary N) is 1. The molecular weight excluding hydrogens is 258 g/mol. The first-order valence-corrected chi connectivity index (χ1v) is 5.64. The lowest BCUT2D eigenvalue weighted by Gasteiger charge is -2.24. The van der Waals surface area contributed by atoms with Crippen LogP contribution in [0, 0.1) is 0 Å². The Balaban J connectivity index is 2.68. The maximum absolute atomic E-state index is 11.8. The molecule has 0 aromatic heterocycles. The number of hydrogen-bond acceptors (Lipinski definition) is 4. The van der Waals surface area contributed by atoms with Crippen molar-refractivity contribution in [1.82, 2.24) is 10.2 Å². The van der Waals surface area contributed by atoms with Crippen molar-refractivity contribution in [2.75, 3.05) is 6.54 Å². The van der Waals surface area contributed by atoms with Gasteiger partial charge in [0.1, 0.15) is 12.1 Å². The number of carboxylic acids is 2. The van der Waals surface area contributed by atoms with E-state index < -0.39 is 42.4 Å². The van der Waals surface area contributed by atoms with Crippen molar-refractivity contribution in [3.8, 4) is 0 Å². The van der Waals surface area contributed by atoms with E-state index in [1.807, 2.05) is 0 Å². The van der Waals surface area contributed by atoms with Crippen molar-refractivity contribution in [3.63, 3.8) is 0 Å². The van der Waals surface area contributed by atoms with Crippen LogP contribution in [0.5, 0.6) is 0 Å². The Hall–Kier alpha value is -2.32. The van der Waals surface area contributed by atoms with Crippen LogP contribution in [-0.4, -0.2) is 57.6 Å². The maximum atomic E-state index is 11.8. The highest BCUT2D eigenvalue weighted by Crippen LogP contribution is 2.16. The molecule has 0 radical (unpaired) electrons. The number of aliphatic carboxylic acids is 2. The minimum atomic E-state index is -1.54. The van der Waals surface area contributed by atoms with Crippen LogP contribution >= 0.6 is 0 Å². The number of rotatable bonds is 5. The van der Waals surface area contributed by atoms with E-state index in [1.165, 1.54) is 0 Å². The summed E-state index contributed by atoms with van der Waals surface area (Å²) in [5.74, 6) is -3.47. The van der Waals surface area contributed by atoms with Gasteiger partial charge < -0.3 is 26.2 Å². The number of nitrogens with two attached hydrogens (primary N) is 1. The van der Waals surface area contributed by atoms with Crippen LogP contribution in [0.1, 0.15) is 19.3 Å². The Morgan fingerprint density at radius 3 is 2.42 bits per heavy atom. The van der Waals surface area contributed by atoms with E-state index in [9.17, 15) is 19.2 Å². The van der Waals surface area contributed by atoms with E-state index in [1.54, 1.807) is 0 Å². The molecule has 1 aliphatic rings.